The van der Waals surface area contributed by atoms with E-state index in [2.05, 4.69) is 19.4 Å². The van der Waals surface area contributed by atoms with Crippen LogP contribution in [0.4, 0.5) is 8.78 Å². The Morgan fingerprint density at radius 3 is 2.69 bits per heavy atom. The number of aromatic amines is 1. The summed E-state index contributed by atoms with van der Waals surface area (Å²) in [5.74, 6) is -3.66. The van der Waals surface area contributed by atoms with Gasteiger partial charge in [-0.1, -0.05) is 43.3 Å². The van der Waals surface area contributed by atoms with Crippen molar-refractivity contribution in [1.29, 1.82) is 0 Å². The summed E-state index contributed by atoms with van der Waals surface area (Å²) in [6.07, 6.45) is 1.80. The van der Waals surface area contributed by atoms with Crippen LogP contribution in [0.5, 0.6) is 5.75 Å². The van der Waals surface area contributed by atoms with Gasteiger partial charge < -0.3 is 10.0 Å². The van der Waals surface area contributed by atoms with Crippen molar-refractivity contribution < 1.29 is 18.7 Å². The van der Waals surface area contributed by atoms with Crippen molar-refractivity contribution in [3.05, 3.63) is 87.3 Å². The Hall–Kier alpha value is -3.12. The first-order valence-electron chi connectivity index (χ1n) is 10.2. The van der Waals surface area contributed by atoms with Gasteiger partial charge in [-0.05, 0) is 35.3 Å². The largest absolute Gasteiger partial charge is 0.502 e. The fourth-order valence-electron chi connectivity index (χ4n) is 3.64. The van der Waals surface area contributed by atoms with Gasteiger partial charge in [0, 0.05) is 19.0 Å². The summed E-state index contributed by atoms with van der Waals surface area (Å²) in [7, 11) is 2.58. The smallest absolute Gasteiger partial charge is 0.275 e. The molecule has 1 heterocycles. The number of nitrogens with one attached hydrogen (secondary N) is 1. The van der Waals surface area contributed by atoms with E-state index >= 15 is 0 Å². The van der Waals surface area contributed by atoms with Crippen LogP contribution in [0.25, 0.3) is 0 Å². The van der Waals surface area contributed by atoms with Gasteiger partial charge in [-0.25, -0.2) is 8.78 Å². The number of carbonyl (C=O) groups is 1. The monoisotopic (exact) mass is 459 g/mol. The molecule has 0 spiro atoms. The van der Waals surface area contributed by atoms with Gasteiger partial charge in [0.05, 0.1) is 6.20 Å². The van der Waals surface area contributed by atoms with Gasteiger partial charge in [-0.3, -0.25) is 14.7 Å². The molecule has 1 aromatic heterocycles. The molecule has 0 saturated carbocycles. The Morgan fingerprint density at radius 1 is 1.22 bits per heavy atom. The second kappa shape index (κ2) is 10.5. The van der Waals surface area contributed by atoms with Gasteiger partial charge in [-0.2, -0.15) is 5.10 Å². The minimum atomic E-state index is -0.936. The molecule has 9 heteroatoms. The van der Waals surface area contributed by atoms with E-state index in [1.165, 1.54) is 17.0 Å². The van der Waals surface area contributed by atoms with Crippen molar-refractivity contribution in [2.45, 2.75) is 25.7 Å². The zero-order chi connectivity index (χ0) is 23.3. The molecule has 3 aromatic rings. The first-order valence-corrected chi connectivity index (χ1v) is 10.8. The Kier molecular flexibility index (Phi) is 7.70. The SMILES string of the molecule is CCCN(CCC(c1cccc(P)c1)c1cccc(F)c1F)C(=O)c1[nH]ncc(=O)c1O. The highest BCUT2D eigenvalue weighted by atomic mass is 31.0. The third-order valence-electron chi connectivity index (χ3n) is 5.18. The molecular weight excluding hydrogens is 435 g/mol. The number of nitrogens with zero attached hydrogens (tertiary/aromatic N) is 2. The van der Waals surface area contributed by atoms with E-state index in [9.17, 15) is 23.5 Å². The molecule has 2 atom stereocenters. The lowest BCUT2D eigenvalue weighted by Gasteiger charge is -2.26. The maximum absolute atomic E-state index is 14.7. The molecule has 168 valence electrons. The van der Waals surface area contributed by atoms with Crippen molar-refractivity contribution >= 4 is 20.5 Å². The van der Waals surface area contributed by atoms with E-state index in [-0.39, 0.29) is 17.8 Å². The van der Waals surface area contributed by atoms with Gasteiger partial charge in [0.1, 0.15) is 0 Å². The fraction of sp³-hybridized carbons (Fsp3) is 0.261. The number of aromatic nitrogens is 2. The lowest BCUT2D eigenvalue weighted by molar-refractivity contribution is 0.0740. The normalized spacial score (nSPS) is 11.9. The summed E-state index contributed by atoms with van der Waals surface area (Å²) in [4.78, 5) is 26.1. The fourth-order valence-corrected chi connectivity index (χ4v) is 3.94. The first kappa shape index (κ1) is 23.5. The zero-order valence-corrected chi connectivity index (χ0v) is 18.7. The van der Waals surface area contributed by atoms with E-state index in [1.807, 2.05) is 31.2 Å². The molecule has 0 fully saturated rings. The number of halogens is 2. The van der Waals surface area contributed by atoms with Gasteiger partial charge in [0.25, 0.3) is 5.91 Å². The molecule has 2 unspecified atom stereocenters. The minimum absolute atomic E-state index is 0.185. The van der Waals surface area contributed by atoms with Crippen molar-refractivity contribution in [2.24, 2.45) is 0 Å². The minimum Gasteiger partial charge on any atom is -0.502 e. The highest BCUT2D eigenvalue weighted by molar-refractivity contribution is 7.27. The second-order valence-electron chi connectivity index (χ2n) is 7.40. The summed E-state index contributed by atoms with van der Waals surface area (Å²) in [5.41, 5.74) is -0.0856. The van der Waals surface area contributed by atoms with Crippen molar-refractivity contribution in [1.82, 2.24) is 15.1 Å². The number of hydrogen-bond donors (Lipinski definition) is 2. The molecule has 3 rings (SSSR count). The van der Waals surface area contributed by atoms with Crippen LogP contribution in [0.2, 0.25) is 0 Å². The molecule has 2 N–H and O–H groups in total. The quantitative estimate of drug-likeness (QED) is 0.506. The molecule has 0 aliphatic carbocycles. The average molecular weight is 459 g/mol. The third-order valence-corrected chi connectivity index (χ3v) is 5.54. The van der Waals surface area contributed by atoms with E-state index < -0.39 is 34.6 Å². The molecule has 0 aliphatic rings. The number of aromatic hydroxyl groups is 1. The summed E-state index contributed by atoms with van der Waals surface area (Å²) in [6, 6.07) is 11.5. The Morgan fingerprint density at radius 2 is 1.97 bits per heavy atom. The molecule has 0 saturated heterocycles. The molecular formula is C23H24F2N3O3P. The lowest BCUT2D eigenvalue weighted by atomic mass is 9.88. The van der Waals surface area contributed by atoms with E-state index in [1.54, 1.807) is 0 Å². The number of rotatable bonds is 8. The van der Waals surface area contributed by atoms with Crippen molar-refractivity contribution in [2.75, 3.05) is 13.1 Å². The van der Waals surface area contributed by atoms with Crippen LogP contribution in [0.1, 0.15) is 47.3 Å². The highest BCUT2D eigenvalue weighted by Gasteiger charge is 2.25. The topological polar surface area (TPSA) is 86.3 Å². The van der Waals surface area contributed by atoms with Gasteiger partial charge in [0.15, 0.2) is 23.1 Å². The van der Waals surface area contributed by atoms with Crippen LogP contribution in [0.3, 0.4) is 0 Å². The van der Waals surface area contributed by atoms with E-state index in [0.29, 0.717) is 19.4 Å². The van der Waals surface area contributed by atoms with Crippen molar-refractivity contribution in [3.8, 4) is 5.75 Å². The number of hydrogen-bond acceptors (Lipinski definition) is 4. The molecule has 0 bridgehead atoms. The highest BCUT2D eigenvalue weighted by Crippen LogP contribution is 2.31. The van der Waals surface area contributed by atoms with Crippen LogP contribution in [0, 0.1) is 11.6 Å². The lowest BCUT2D eigenvalue weighted by Crippen LogP contribution is -2.35. The van der Waals surface area contributed by atoms with Gasteiger partial charge in [-0.15, -0.1) is 9.24 Å². The Bertz CT molecular complexity index is 1170. The van der Waals surface area contributed by atoms with Crippen LogP contribution < -0.4 is 10.7 Å². The molecule has 6 nitrogen and oxygen atoms in total. The molecule has 0 radical (unpaired) electrons. The third kappa shape index (κ3) is 5.19. The number of amides is 1. The zero-order valence-electron chi connectivity index (χ0n) is 17.5. The molecule has 0 aliphatic heterocycles. The van der Waals surface area contributed by atoms with Crippen molar-refractivity contribution in [3.63, 3.8) is 0 Å². The number of carbonyl (C=O) groups excluding carboxylic acids is 1. The molecule has 2 aromatic carbocycles. The second-order valence-corrected chi connectivity index (χ2v) is 8.07. The standard InChI is InChI=1S/C23H24F2N3O3P/c1-2-10-28(23(31)21-22(30)19(29)13-26-27-21)11-9-16(14-5-3-6-15(32)12-14)17-7-4-8-18(24)20(17)25/h3-8,12-13,16H,2,9-11,32H2,1H3,(H,26,30)(H,27,29). The predicted octanol–water partition coefficient (Wildman–Crippen LogP) is 3.33. The number of benzene rings is 2. The average Bonchev–Trinajstić information content (AvgIpc) is 2.77. The first-order chi connectivity index (χ1) is 15.3. The van der Waals surface area contributed by atoms with E-state index in [4.69, 9.17) is 0 Å². The predicted molar refractivity (Wildman–Crippen MR) is 121 cm³/mol. The van der Waals surface area contributed by atoms with Gasteiger partial charge in [0.2, 0.25) is 5.43 Å². The summed E-state index contributed by atoms with van der Waals surface area (Å²) >= 11 is 0. The summed E-state index contributed by atoms with van der Waals surface area (Å²) < 4.78 is 28.7. The molecule has 1 amide bonds. The van der Waals surface area contributed by atoms with Crippen LogP contribution in [-0.2, 0) is 0 Å². The summed E-state index contributed by atoms with van der Waals surface area (Å²) in [6.45, 7) is 2.41. The Labute approximate surface area is 186 Å². The maximum atomic E-state index is 14.7. The van der Waals surface area contributed by atoms with Crippen LogP contribution in [0.15, 0.2) is 53.5 Å². The van der Waals surface area contributed by atoms with Gasteiger partial charge >= 0.3 is 0 Å². The summed E-state index contributed by atoms with van der Waals surface area (Å²) in [5, 5.41) is 16.9. The molecule has 32 heavy (non-hydrogen) atoms. The van der Waals surface area contributed by atoms with Crippen LogP contribution >= 0.6 is 9.24 Å². The Balaban J connectivity index is 1.94. The van der Waals surface area contributed by atoms with E-state index in [0.717, 1.165) is 23.1 Å². The van der Waals surface area contributed by atoms with Crippen LogP contribution in [-0.4, -0.2) is 39.2 Å². The number of H-pyrrole nitrogens is 1. The maximum Gasteiger partial charge on any atom is 0.275 e.